The van der Waals surface area contributed by atoms with Crippen molar-refractivity contribution in [3.8, 4) is 0 Å². The quantitative estimate of drug-likeness (QED) is 0.445. The number of aliphatic hydroxyl groups excluding tert-OH is 1. The van der Waals surface area contributed by atoms with Crippen LogP contribution in [0, 0.1) is 5.92 Å². The van der Waals surface area contributed by atoms with E-state index in [4.69, 9.17) is 9.57 Å². The molecule has 9 nitrogen and oxygen atoms in total. The number of anilines is 1. The second kappa shape index (κ2) is 13.3. The van der Waals surface area contributed by atoms with Crippen LogP contribution in [-0.4, -0.2) is 66.2 Å². The number of carbonyl (C=O) groups excluding carboxylic acids is 1. The van der Waals surface area contributed by atoms with Crippen LogP contribution >= 0.6 is 0 Å². The summed E-state index contributed by atoms with van der Waals surface area (Å²) < 4.78 is 5.44. The highest BCUT2D eigenvalue weighted by molar-refractivity contribution is 5.92. The minimum absolute atomic E-state index is 0.0642. The number of ether oxygens (including phenoxy) is 1. The molecule has 2 aromatic rings. The average Bonchev–Trinajstić information content (AvgIpc) is 2.93. The minimum Gasteiger partial charge on any atom is -0.394 e. The third-order valence-corrected chi connectivity index (χ3v) is 6.40. The molecule has 0 spiro atoms. The summed E-state index contributed by atoms with van der Waals surface area (Å²) in [7, 11) is 0. The fraction of sp³-hybridized carbons (Fsp3) is 0.500. The molecule has 188 valence electrons. The van der Waals surface area contributed by atoms with Crippen molar-refractivity contribution in [3.05, 3.63) is 59.9 Å². The molecule has 1 aromatic carbocycles. The Labute approximate surface area is 206 Å². The first kappa shape index (κ1) is 25.2. The SMILES string of the molecule is O=C(NOC1CCCCO1)c1cnc(N2CCC(CNC(C=Cc3ccccc3)CO)CC2)nc1. The largest absolute Gasteiger partial charge is 0.394 e. The Morgan fingerprint density at radius 1 is 1.17 bits per heavy atom. The molecule has 0 bridgehead atoms. The lowest BCUT2D eigenvalue weighted by atomic mass is 9.96. The van der Waals surface area contributed by atoms with Crippen LogP contribution in [0.2, 0.25) is 0 Å². The van der Waals surface area contributed by atoms with Gasteiger partial charge in [0.1, 0.15) is 0 Å². The number of amides is 1. The van der Waals surface area contributed by atoms with E-state index >= 15 is 0 Å². The lowest BCUT2D eigenvalue weighted by molar-refractivity contribution is -0.186. The molecule has 2 unspecified atom stereocenters. The molecule has 9 heteroatoms. The van der Waals surface area contributed by atoms with Gasteiger partial charge in [0, 0.05) is 44.6 Å². The summed E-state index contributed by atoms with van der Waals surface area (Å²) in [6.45, 7) is 3.27. The number of nitrogens with zero attached hydrogens (tertiary/aromatic N) is 3. The molecule has 2 saturated heterocycles. The van der Waals surface area contributed by atoms with Crippen LogP contribution in [0.5, 0.6) is 0 Å². The zero-order chi connectivity index (χ0) is 24.3. The molecular formula is C26H35N5O4. The van der Waals surface area contributed by atoms with Gasteiger partial charge in [0.2, 0.25) is 5.95 Å². The Balaban J connectivity index is 1.18. The molecule has 35 heavy (non-hydrogen) atoms. The zero-order valence-electron chi connectivity index (χ0n) is 20.0. The van der Waals surface area contributed by atoms with Crippen molar-refractivity contribution in [2.45, 2.75) is 44.4 Å². The van der Waals surface area contributed by atoms with Gasteiger partial charge < -0.3 is 20.1 Å². The van der Waals surface area contributed by atoms with Gasteiger partial charge in [-0.3, -0.25) is 4.79 Å². The van der Waals surface area contributed by atoms with E-state index in [1.54, 1.807) is 0 Å². The van der Waals surface area contributed by atoms with E-state index in [-0.39, 0.29) is 18.6 Å². The average molecular weight is 482 g/mol. The highest BCUT2D eigenvalue weighted by Crippen LogP contribution is 2.20. The van der Waals surface area contributed by atoms with Crippen LogP contribution in [0.1, 0.15) is 48.0 Å². The third kappa shape index (κ3) is 7.83. The Morgan fingerprint density at radius 2 is 1.94 bits per heavy atom. The molecule has 4 rings (SSSR count). The Morgan fingerprint density at radius 3 is 2.63 bits per heavy atom. The number of rotatable bonds is 10. The second-order valence-electron chi connectivity index (χ2n) is 9.01. The first-order valence-corrected chi connectivity index (χ1v) is 12.4. The zero-order valence-corrected chi connectivity index (χ0v) is 20.0. The fourth-order valence-electron chi connectivity index (χ4n) is 4.22. The van der Waals surface area contributed by atoms with Crippen molar-refractivity contribution < 1.29 is 19.5 Å². The number of aromatic nitrogens is 2. The summed E-state index contributed by atoms with van der Waals surface area (Å²) in [5.74, 6) is 0.772. The van der Waals surface area contributed by atoms with Crippen molar-refractivity contribution >= 4 is 17.9 Å². The number of hydrogen-bond acceptors (Lipinski definition) is 8. The Bertz CT molecular complexity index is 927. The van der Waals surface area contributed by atoms with E-state index in [0.717, 1.165) is 57.3 Å². The predicted molar refractivity (Wildman–Crippen MR) is 133 cm³/mol. The van der Waals surface area contributed by atoms with Crippen LogP contribution in [0.3, 0.4) is 0 Å². The molecule has 2 aliphatic rings. The Kier molecular flexibility index (Phi) is 9.59. The summed E-state index contributed by atoms with van der Waals surface area (Å²) in [4.78, 5) is 28.5. The number of nitrogens with one attached hydrogen (secondary N) is 2. The van der Waals surface area contributed by atoms with Gasteiger partial charge >= 0.3 is 0 Å². The number of hydrogen-bond donors (Lipinski definition) is 3. The van der Waals surface area contributed by atoms with Crippen molar-refractivity contribution in [1.82, 2.24) is 20.8 Å². The maximum Gasteiger partial charge on any atom is 0.278 e. The van der Waals surface area contributed by atoms with E-state index in [9.17, 15) is 9.90 Å². The number of aliphatic hydroxyl groups is 1. The van der Waals surface area contributed by atoms with Crippen LogP contribution < -0.4 is 15.7 Å². The molecule has 0 aliphatic carbocycles. The van der Waals surface area contributed by atoms with Crippen molar-refractivity contribution in [2.75, 3.05) is 37.7 Å². The van der Waals surface area contributed by atoms with Crippen LogP contribution in [0.15, 0.2) is 48.8 Å². The highest BCUT2D eigenvalue weighted by atomic mass is 16.8. The first-order chi connectivity index (χ1) is 17.2. The van der Waals surface area contributed by atoms with Gasteiger partial charge in [-0.2, -0.15) is 0 Å². The van der Waals surface area contributed by atoms with Gasteiger partial charge in [0.25, 0.3) is 5.91 Å². The highest BCUT2D eigenvalue weighted by Gasteiger charge is 2.22. The first-order valence-electron chi connectivity index (χ1n) is 12.4. The van der Waals surface area contributed by atoms with E-state index in [2.05, 4.69) is 25.7 Å². The van der Waals surface area contributed by atoms with Gasteiger partial charge in [-0.1, -0.05) is 42.5 Å². The van der Waals surface area contributed by atoms with Crippen molar-refractivity contribution in [1.29, 1.82) is 0 Å². The number of piperidine rings is 1. The van der Waals surface area contributed by atoms with Gasteiger partial charge in [-0.15, -0.1) is 0 Å². The van der Waals surface area contributed by atoms with Crippen LogP contribution in [0.25, 0.3) is 6.08 Å². The summed E-state index contributed by atoms with van der Waals surface area (Å²) >= 11 is 0. The standard InChI is InChI=1S/C26H35N5O4/c32-19-23(10-9-20-6-2-1-3-7-20)27-16-21-11-13-31(14-12-21)26-28-17-22(18-29-26)25(33)30-35-24-8-4-5-15-34-24/h1-3,6-7,9-10,17-18,21,23-24,27,32H,4-5,8,11-16,19H2,(H,30,33). The third-order valence-electron chi connectivity index (χ3n) is 6.40. The maximum atomic E-state index is 12.3. The van der Waals surface area contributed by atoms with Gasteiger partial charge in [-0.25, -0.2) is 20.3 Å². The number of hydroxylamine groups is 1. The molecule has 0 saturated carbocycles. The molecule has 1 aromatic heterocycles. The minimum atomic E-state index is -0.392. The summed E-state index contributed by atoms with van der Waals surface area (Å²) in [6, 6.07) is 10.0. The summed E-state index contributed by atoms with van der Waals surface area (Å²) in [5.41, 5.74) is 3.90. The fourth-order valence-corrected chi connectivity index (χ4v) is 4.22. The van der Waals surface area contributed by atoms with Crippen LogP contribution in [0.4, 0.5) is 5.95 Å². The molecule has 2 fully saturated rings. The van der Waals surface area contributed by atoms with Gasteiger partial charge in [0.05, 0.1) is 12.2 Å². The van der Waals surface area contributed by atoms with E-state index in [0.29, 0.717) is 24.0 Å². The van der Waals surface area contributed by atoms with Crippen LogP contribution in [-0.2, 0) is 9.57 Å². The second-order valence-corrected chi connectivity index (χ2v) is 9.01. The normalized spacial score (nSPS) is 20.1. The molecule has 2 aliphatic heterocycles. The molecule has 0 radical (unpaired) electrons. The van der Waals surface area contributed by atoms with E-state index in [1.807, 2.05) is 42.5 Å². The smallest absolute Gasteiger partial charge is 0.278 e. The predicted octanol–water partition coefficient (Wildman–Crippen LogP) is 2.54. The lowest BCUT2D eigenvalue weighted by Crippen LogP contribution is -2.41. The molecular weight excluding hydrogens is 446 g/mol. The maximum absolute atomic E-state index is 12.3. The number of carbonyl (C=O) groups is 1. The van der Waals surface area contributed by atoms with Crippen molar-refractivity contribution in [3.63, 3.8) is 0 Å². The van der Waals surface area contributed by atoms with Crippen molar-refractivity contribution in [2.24, 2.45) is 5.92 Å². The monoisotopic (exact) mass is 481 g/mol. The van der Waals surface area contributed by atoms with E-state index in [1.165, 1.54) is 12.4 Å². The van der Waals surface area contributed by atoms with E-state index < -0.39 is 6.29 Å². The lowest BCUT2D eigenvalue weighted by Gasteiger charge is -2.32. The Hall–Kier alpha value is -2.85. The molecule has 1 amide bonds. The van der Waals surface area contributed by atoms with Gasteiger partial charge in [0.15, 0.2) is 6.29 Å². The number of benzene rings is 1. The topological polar surface area (TPSA) is 109 Å². The summed E-state index contributed by atoms with van der Waals surface area (Å²) in [6.07, 6.45) is 11.6. The molecule has 2 atom stereocenters. The molecule has 3 heterocycles. The van der Waals surface area contributed by atoms with Gasteiger partial charge in [-0.05, 0) is 43.7 Å². The summed E-state index contributed by atoms with van der Waals surface area (Å²) in [5, 5.41) is 13.2. The molecule has 3 N–H and O–H groups in total.